The first-order chi connectivity index (χ1) is 12.4. The van der Waals surface area contributed by atoms with Crippen LogP contribution in [0.15, 0.2) is 35.4 Å². The Bertz CT molecular complexity index is 745. The molecular formula is C19H21F2NO3S. The molecule has 1 aromatic heterocycles. The summed E-state index contributed by atoms with van der Waals surface area (Å²) in [5, 5.41) is 9.70. The molecule has 0 atom stereocenters. The molecule has 0 aliphatic carbocycles. The van der Waals surface area contributed by atoms with Gasteiger partial charge in [-0.1, -0.05) is 19.9 Å². The quantitative estimate of drug-likeness (QED) is 0.480. The van der Waals surface area contributed by atoms with Crippen LogP contribution in [-0.2, 0) is 4.79 Å². The van der Waals surface area contributed by atoms with E-state index in [2.05, 4.69) is 4.98 Å². The Labute approximate surface area is 155 Å². The van der Waals surface area contributed by atoms with E-state index in [9.17, 15) is 13.6 Å². The Kier molecular flexibility index (Phi) is 7.38. The lowest BCUT2D eigenvalue weighted by molar-refractivity contribution is -0.137. The number of benzene rings is 1. The zero-order chi connectivity index (χ0) is 19.1. The van der Waals surface area contributed by atoms with Gasteiger partial charge >= 0.3 is 5.97 Å². The van der Waals surface area contributed by atoms with E-state index >= 15 is 0 Å². The number of unbranched alkanes of at least 4 members (excludes halogenated alkanes) is 1. The van der Waals surface area contributed by atoms with Crippen molar-refractivity contribution < 1.29 is 23.4 Å². The predicted octanol–water partition coefficient (Wildman–Crippen LogP) is 5.16. The minimum Gasteiger partial charge on any atom is -0.488 e. The highest BCUT2D eigenvalue weighted by Crippen LogP contribution is 2.30. The van der Waals surface area contributed by atoms with Crippen LogP contribution in [0.3, 0.4) is 0 Å². The van der Waals surface area contributed by atoms with Crippen LogP contribution in [-0.4, -0.2) is 27.9 Å². The van der Waals surface area contributed by atoms with E-state index in [1.54, 1.807) is 23.9 Å². The number of thioether (sulfide) groups is 1. The molecule has 0 spiro atoms. The number of nitrogens with zero attached hydrogens (tertiary/aromatic N) is 1. The molecule has 140 valence electrons. The van der Waals surface area contributed by atoms with Gasteiger partial charge in [0.15, 0.2) is 17.4 Å². The maximum atomic E-state index is 14.3. The van der Waals surface area contributed by atoms with Crippen LogP contribution < -0.4 is 4.74 Å². The molecule has 0 aliphatic rings. The smallest absolute Gasteiger partial charge is 0.303 e. The van der Waals surface area contributed by atoms with Gasteiger partial charge in [0.2, 0.25) is 0 Å². The van der Waals surface area contributed by atoms with Crippen LogP contribution in [0.1, 0.15) is 33.1 Å². The Morgan fingerprint density at radius 2 is 1.92 bits per heavy atom. The largest absolute Gasteiger partial charge is 0.488 e. The summed E-state index contributed by atoms with van der Waals surface area (Å²) in [6.07, 6.45) is 0.799. The molecule has 1 heterocycles. The third-order valence-electron chi connectivity index (χ3n) is 3.41. The standard InChI is InChI=1S/C19H21F2NO3S/c1-12(2)26-17-7-5-6-16(22-17)13-10-14(20)19(15(21)11-13)25-9-4-3-8-18(23)24/h5-7,10-12H,3-4,8-9H2,1-2H3,(H,23,24). The topological polar surface area (TPSA) is 59.4 Å². The highest BCUT2D eigenvalue weighted by Gasteiger charge is 2.15. The van der Waals surface area contributed by atoms with Gasteiger partial charge in [0, 0.05) is 17.2 Å². The molecule has 26 heavy (non-hydrogen) atoms. The van der Waals surface area contributed by atoms with Crippen molar-refractivity contribution in [3.8, 4) is 17.0 Å². The average Bonchev–Trinajstić information content (AvgIpc) is 2.56. The molecule has 1 aromatic carbocycles. The second-order valence-corrected chi connectivity index (χ2v) is 7.59. The zero-order valence-corrected chi connectivity index (χ0v) is 15.5. The Balaban J connectivity index is 2.10. The van der Waals surface area contributed by atoms with Crippen LogP contribution in [0, 0.1) is 11.6 Å². The number of rotatable bonds is 9. The van der Waals surface area contributed by atoms with Crippen LogP contribution in [0.25, 0.3) is 11.3 Å². The van der Waals surface area contributed by atoms with E-state index in [4.69, 9.17) is 9.84 Å². The fourth-order valence-electron chi connectivity index (χ4n) is 2.28. The van der Waals surface area contributed by atoms with E-state index < -0.39 is 23.4 Å². The SMILES string of the molecule is CC(C)Sc1cccc(-c2cc(F)c(OCCCCC(=O)O)c(F)c2)n1. The molecule has 7 heteroatoms. The number of ether oxygens (including phenoxy) is 1. The number of aliphatic carboxylic acids is 1. The highest BCUT2D eigenvalue weighted by molar-refractivity contribution is 7.99. The Morgan fingerprint density at radius 1 is 1.23 bits per heavy atom. The van der Waals surface area contributed by atoms with Gasteiger partial charge in [0.25, 0.3) is 0 Å². The zero-order valence-electron chi connectivity index (χ0n) is 14.7. The first-order valence-corrected chi connectivity index (χ1v) is 9.22. The molecule has 0 amide bonds. The van der Waals surface area contributed by atoms with Gasteiger partial charge in [-0.25, -0.2) is 13.8 Å². The fraction of sp³-hybridized carbons (Fsp3) is 0.368. The summed E-state index contributed by atoms with van der Waals surface area (Å²) in [7, 11) is 0. The lowest BCUT2D eigenvalue weighted by atomic mass is 10.1. The second-order valence-electron chi connectivity index (χ2n) is 6.00. The van der Waals surface area contributed by atoms with Gasteiger partial charge in [-0.3, -0.25) is 4.79 Å². The summed E-state index contributed by atoms with van der Waals surface area (Å²) in [5.74, 6) is -2.96. The van der Waals surface area contributed by atoms with Gasteiger partial charge in [0.05, 0.1) is 17.3 Å². The normalized spacial score (nSPS) is 11.0. The lowest BCUT2D eigenvalue weighted by Crippen LogP contribution is -2.03. The second kappa shape index (κ2) is 9.52. The highest BCUT2D eigenvalue weighted by atomic mass is 32.2. The van der Waals surface area contributed by atoms with Crippen LogP contribution in [0.5, 0.6) is 5.75 Å². The van der Waals surface area contributed by atoms with Crippen molar-refractivity contribution in [1.29, 1.82) is 0 Å². The number of hydrogen-bond acceptors (Lipinski definition) is 4. The van der Waals surface area contributed by atoms with E-state index in [0.29, 0.717) is 29.3 Å². The molecule has 0 saturated heterocycles. The van der Waals surface area contributed by atoms with Crippen molar-refractivity contribution in [3.63, 3.8) is 0 Å². The average molecular weight is 381 g/mol. The van der Waals surface area contributed by atoms with Crippen LogP contribution >= 0.6 is 11.8 Å². The number of carboxylic acid groups (broad SMARTS) is 1. The number of aromatic nitrogens is 1. The first kappa shape index (κ1) is 20.2. The third kappa shape index (κ3) is 5.98. The van der Waals surface area contributed by atoms with Crippen molar-refractivity contribution in [2.24, 2.45) is 0 Å². The summed E-state index contributed by atoms with van der Waals surface area (Å²) in [6, 6.07) is 7.75. The van der Waals surface area contributed by atoms with Crippen molar-refractivity contribution in [1.82, 2.24) is 4.98 Å². The summed E-state index contributed by atoms with van der Waals surface area (Å²) < 4.78 is 33.7. The number of carbonyl (C=O) groups is 1. The fourth-order valence-corrected chi connectivity index (χ4v) is 3.07. The minimum atomic E-state index is -0.905. The molecule has 2 rings (SSSR count). The molecule has 2 aromatic rings. The summed E-state index contributed by atoms with van der Waals surface area (Å²) in [4.78, 5) is 14.9. The number of halogens is 2. The van der Waals surface area contributed by atoms with E-state index in [0.717, 1.165) is 5.03 Å². The third-order valence-corrected chi connectivity index (χ3v) is 4.35. The van der Waals surface area contributed by atoms with Crippen molar-refractivity contribution >= 4 is 17.7 Å². The molecule has 1 N–H and O–H groups in total. The minimum absolute atomic E-state index is 0.00363. The van der Waals surface area contributed by atoms with Crippen molar-refractivity contribution in [2.75, 3.05) is 6.61 Å². The monoisotopic (exact) mass is 381 g/mol. The van der Waals surface area contributed by atoms with Gasteiger partial charge in [-0.05, 0) is 37.1 Å². The molecule has 4 nitrogen and oxygen atoms in total. The van der Waals surface area contributed by atoms with E-state index in [1.807, 2.05) is 19.9 Å². The molecule has 0 radical (unpaired) electrons. The maximum Gasteiger partial charge on any atom is 0.303 e. The van der Waals surface area contributed by atoms with Crippen molar-refractivity contribution in [2.45, 2.75) is 43.4 Å². The summed E-state index contributed by atoms with van der Waals surface area (Å²) in [5.41, 5.74) is 0.825. The van der Waals surface area contributed by atoms with Crippen molar-refractivity contribution in [3.05, 3.63) is 42.0 Å². The van der Waals surface area contributed by atoms with Gasteiger partial charge in [-0.2, -0.15) is 0 Å². The molecule has 0 saturated carbocycles. The molecule has 0 aliphatic heterocycles. The predicted molar refractivity (Wildman–Crippen MR) is 97.6 cm³/mol. The van der Waals surface area contributed by atoms with Crippen LogP contribution in [0.2, 0.25) is 0 Å². The number of carboxylic acids is 1. The van der Waals surface area contributed by atoms with Crippen LogP contribution in [0.4, 0.5) is 8.78 Å². The number of pyridine rings is 1. The Morgan fingerprint density at radius 3 is 2.54 bits per heavy atom. The molecule has 0 bridgehead atoms. The van der Waals surface area contributed by atoms with Gasteiger partial charge < -0.3 is 9.84 Å². The van der Waals surface area contributed by atoms with Gasteiger partial charge in [-0.15, -0.1) is 11.8 Å². The molecule has 0 unspecified atom stereocenters. The van der Waals surface area contributed by atoms with E-state index in [1.165, 1.54) is 12.1 Å². The first-order valence-electron chi connectivity index (χ1n) is 8.34. The van der Waals surface area contributed by atoms with E-state index in [-0.39, 0.29) is 13.0 Å². The number of hydrogen-bond donors (Lipinski definition) is 1. The lowest BCUT2D eigenvalue weighted by Gasteiger charge is -2.11. The summed E-state index contributed by atoms with van der Waals surface area (Å²) >= 11 is 1.57. The molecule has 0 fully saturated rings. The molecular weight excluding hydrogens is 360 g/mol. The van der Waals surface area contributed by atoms with Gasteiger partial charge in [0.1, 0.15) is 0 Å². The maximum absolute atomic E-state index is 14.3. The summed E-state index contributed by atoms with van der Waals surface area (Å²) in [6.45, 7) is 4.14. The Hall–Kier alpha value is -2.15.